The first-order valence-electron chi connectivity index (χ1n) is 6.14. The lowest BCUT2D eigenvalue weighted by atomic mass is 10.2. The third-order valence-electron chi connectivity index (χ3n) is 2.77. The van der Waals surface area contributed by atoms with Gasteiger partial charge in [0.15, 0.2) is 5.96 Å². The van der Waals surface area contributed by atoms with Crippen LogP contribution in [0, 0.1) is 5.92 Å². The van der Waals surface area contributed by atoms with Gasteiger partial charge in [0.1, 0.15) is 0 Å². The number of rotatable bonds is 6. The normalized spacial score (nSPS) is 17.4. The Hall–Kier alpha value is -0.380. The molecule has 1 aliphatic rings. The van der Waals surface area contributed by atoms with Gasteiger partial charge in [-0.1, -0.05) is 0 Å². The Morgan fingerprint density at radius 3 is 2.56 bits per heavy atom. The standard InChI is InChI=1S/C12H25N3S/c1-5-13-11(14-8-10-6-7-10)15-9-12(2,3)16-4/h10H,5-9H2,1-4H3,(H2,13,14,15). The van der Waals surface area contributed by atoms with Gasteiger partial charge < -0.3 is 10.6 Å². The summed E-state index contributed by atoms with van der Waals surface area (Å²) in [6.45, 7) is 9.42. The monoisotopic (exact) mass is 243 g/mol. The number of nitrogens with one attached hydrogen (secondary N) is 2. The van der Waals surface area contributed by atoms with Crippen molar-refractivity contribution in [3.63, 3.8) is 0 Å². The second kappa shape index (κ2) is 6.38. The van der Waals surface area contributed by atoms with E-state index in [4.69, 9.17) is 0 Å². The molecule has 1 rings (SSSR count). The molecule has 3 nitrogen and oxygen atoms in total. The summed E-state index contributed by atoms with van der Waals surface area (Å²) in [7, 11) is 0. The van der Waals surface area contributed by atoms with Crippen molar-refractivity contribution in [3.05, 3.63) is 0 Å². The zero-order valence-electron chi connectivity index (χ0n) is 11.0. The molecular formula is C12H25N3S. The quantitative estimate of drug-likeness (QED) is 0.554. The minimum absolute atomic E-state index is 0.224. The van der Waals surface area contributed by atoms with Crippen LogP contribution in [0.4, 0.5) is 0 Å². The van der Waals surface area contributed by atoms with Gasteiger partial charge >= 0.3 is 0 Å². The lowest BCUT2D eigenvalue weighted by Crippen LogP contribution is -2.39. The summed E-state index contributed by atoms with van der Waals surface area (Å²) < 4.78 is 0.224. The number of thioether (sulfide) groups is 1. The van der Waals surface area contributed by atoms with E-state index in [2.05, 4.69) is 42.7 Å². The average Bonchev–Trinajstić information content (AvgIpc) is 3.06. The van der Waals surface area contributed by atoms with Crippen LogP contribution >= 0.6 is 11.8 Å². The maximum absolute atomic E-state index is 4.63. The van der Waals surface area contributed by atoms with E-state index in [9.17, 15) is 0 Å². The molecule has 16 heavy (non-hydrogen) atoms. The van der Waals surface area contributed by atoms with Crippen molar-refractivity contribution in [1.82, 2.24) is 10.6 Å². The highest BCUT2D eigenvalue weighted by Crippen LogP contribution is 2.27. The molecule has 2 N–H and O–H groups in total. The molecule has 94 valence electrons. The zero-order chi connectivity index (χ0) is 12.0. The molecule has 0 aromatic heterocycles. The molecule has 0 unspecified atom stereocenters. The molecule has 4 heteroatoms. The molecular weight excluding hydrogens is 218 g/mol. The summed E-state index contributed by atoms with van der Waals surface area (Å²) in [6.07, 6.45) is 4.89. The van der Waals surface area contributed by atoms with Crippen LogP contribution in [0.3, 0.4) is 0 Å². The van der Waals surface area contributed by atoms with Gasteiger partial charge in [-0.3, -0.25) is 4.99 Å². The number of aliphatic imine (C=N–C) groups is 1. The summed E-state index contributed by atoms with van der Waals surface area (Å²) in [5, 5.41) is 6.70. The third-order valence-corrected chi connectivity index (χ3v) is 4.00. The highest BCUT2D eigenvalue weighted by molar-refractivity contribution is 7.99. The van der Waals surface area contributed by atoms with Crippen molar-refractivity contribution in [2.75, 3.05) is 25.9 Å². The van der Waals surface area contributed by atoms with E-state index in [1.807, 2.05) is 11.8 Å². The van der Waals surface area contributed by atoms with Crippen molar-refractivity contribution in [2.45, 2.75) is 38.4 Å². The Labute approximate surface area is 104 Å². The second-order valence-electron chi connectivity index (χ2n) is 4.98. The number of nitrogens with zero attached hydrogens (tertiary/aromatic N) is 1. The van der Waals surface area contributed by atoms with Gasteiger partial charge in [0.2, 0.25) is 0 Å². The van der Waals surface area contributed by atoms with Crippen LogP contribution in [0.2, 0.25) is 0 Å². The first kappa shape index (κ1) is 13.7. The second-order valence-corrected chi connectivity index (χ2v) is 6.50. The van der Waals surface area contributed by atoms with Crippen molar-refractivity contribution in [1.29, 1.82) is 0 Å². The van der Waals surface area contributed by atoms with Crippen molar-refractivity contribution in [2.24, 2.45) is 10.9 Å². The van der Waals surface area contributed by atoms with Crippen LogP contribution < -0.4 is 10.6 Å². The smallest absolute Gasteiger partial charge is 0.191 e. The van der Waals surface area contributed by atoms with Gasteiger partial charge in [-0.25, -0.2) is 0 Å². The highest BCUT2D eigenvalue weighted by atomic mass is 32.2. The van der Waals surface area contributed by atoms with Gasteiger partial charge in [-0.15, -0.1) is 0 Å². The fraction of sp³-hybridized carbons (Fsp3) is 0.917. The topological polar surface area (TPSA) is 36.4 Å². The first-order valence-corrected chi connectivity index (χ1v) is 7.37. The summed E-state index contributed by atoms with van der Waals surface area (Å²) in [4.78, 5) is 4.63. The molecule has 0 amide bonds. The number of guanidine groups is 1. The van der Waals surface area contributed by atoms with Crippen LogP contribution in [0.5, 0.6) is 0 Å². The van der Waals surface area contributed by atoms with Crippen molar-refractivity contribution in [3.8, 4) is 0 Å². The predicted molar refractivity (Wildman–Crippen MR) is 74.3 cm³/mol. The lowest BCUT2D eigenvalue weighted by molar-refractivity contribution is 0.699. The van der Waals surface area contributed by atoms with E-state index < -0.39 is 0 Å². The fourth-order valence-electron chi connectivity index (χ4n) is 1.24. The lowest BCUT2D eigenvalue weighted by Gasteiger charge is -2.20. The molecule has 0 spiro atoms. The summed E-state index contributed by atoms with van der Waals surface area (Å²) in [5.74, 6) is 1.86. The van der Waals surface area contributed by atoms with E-state index in [1.165, 1.54) is 12.8 Å². The minimum atomic E-state index is 0.224. The van der Waals surface area contributed by atoms with E-state index in [0.717, 1.165) is 31.5 Å². The molecule has 0 heterocycles. The van der Waals surface area contributed by atoms with Gasteiger partial charge in [-0.2, -0.15) is 11.8 Å². The van der Waals surface area contributed by atoms with Crippen LogP contribution in [0.1, 0.15) is 33.6 Å². The molecule has 0 bridgehead atoms. The Morgan fingerprint density at radius 1 is 1.38 bits per heavy atom. The van der Waals surface area contributed by atoms with Gasteiger partial charge in [0.05, 0.1) is 6.54 Å². The summed E-state index contributed by atoms with van der Waals surface area (Å²) in [5.41, 5.74) is 0. The summed E-state index contributed by atoms with van der Waals surface area (Å²) >= 11 is 1.86. The molecule has 1 fully saturated rings. The van der Waals surface area contributed by atoms with Crippen LogP contribution in [0.15, 0.2) is 4.99 Å². The van der Waals surface area contributed by atoms with Crippen LogP contribution in [-0.2, 0) is 0 Å². The maximum Gasteiger partial charge on any atom is 0.191 e. The van der Waals surface area contributed by atoms with E-state index in [1.54, 1.807) is 0 Å². The van der Waals surface area contributed by atoms with Gasteiger partial charge in [0.25, 0.3) is 0 Å². The summed E-state index contributed by atoms with van der Waals surface area (Å²) in [6, 6.07) is 0. The molecule has 0 aromatic rings. The molecule has 0 aliphatic heterocycles. The first-order chi connectivity index (χ1) is 7.57. The minimum Gasteiger partial charge on any atom is -0.357 e. The SMILES string of the molecule is CCNC(=NCC(C)(C)SC)NCC1CC1. The largest absolute Gasteiger partial charge is 0.357 e. The molecule has 0 aromatic carbocycles. The fourth-order valence-corrected chi connectivity index (χ4v) is 1.43. The molecule has 0 saturated heterocycles. The van der Waals surface area contributed by atoms with Gasteiger partial charge in [0, 0.05) is 17.8 Å². The van der Waals surface area contributed by atoms with E-state index in [0.29, 0.717) is 0 Å². The van der Waals surface area contributed by atoms with Gasteiger partial charge in [-0.05, 0) is 45.8 Å². The Kier molecular flexibility index (Phi) is 5.46. The van der Waals surface area contributed by atoms with Crippen molar-refractivity contribution >= 4 is 17.7 Å². The van der Waals surface area contributed by atoms with Crippen molar-refractivity contribution < 1.29 is 0 Å². The van der Waals surface area contributed by atoms with Crippen LogP contribution in [-0.4, -0.2) is 36.6 Å². The highest BCUT2D eigenvalue weighted by Gasteiger charge is 2.21. The zero-order valence-corrected chi connectivity index (χ0v) is 11.8. The Balaban J connectivity index is 2.36. The molecule has 0 radical (unpaired) electrons. The van der Waals surface area contributed by atoms with E-state index >= 15 is 0 Å². The third kappa shape index (κ3) is 5.64. The Morgan fingerprint density at radius 2 is 2.06 bits per heavy atom. The molecule has 0 atom stereocenters. The van der Waals surface area contributed by atoms with E-state index in [-0.39, 0.29) is 4.75 Å². The van der Waals surface area contributed by atoms with Crippen LogP contribution in [0.25, 0.3) is 0 Å². The predicted octanol–water partition coefficient (Wildman–Crippen LogP) is 2.09. The molecule has 1 aliphatic carbocycles. The molecule has 1 saturated carbocycles. The number of hydrogen-bond acceptors (Lipinski definition) is 2. The number of hydrogen-bond donors (Lipinski definition) is 2. The maximum atomic E-state index is 4.63. The Bertz CT molecular complexity index is 234. The average molecular weight is 243 g/mol.